The van der Waals surface area contributed by atoms with Gasteiger partial charge in [0.25, 0.3) is 5.56 Å². The fourth-order valence-corrected chi connectivity index (χ4v) is 2.29. The van der Waals surface area contributed by atoms with Gasteiger partial charge in [0.1, 0.15) is 5.78 Å². The number of ether oxygens (including phenoxy) is 1. The second kappa shape index (κ2) is 5.20. The summed E-state index contributed by atoms with van der Waals surface area (Å²) in [6, 6.07) is 0. The molecular weight excluding hydrogens is 234 g/mol. The van der Waals surface area contributed by atoms with Gasteiger partial charge in [-0.3, -0.25) is 9.59 Å². The Labute approximate surface area is 105 Å². The molecule has 1 atom stereocenters. The van der Waals surface area contributed by atoms with E-state index in [2.05, 4.69) is 9.97 Å². The van der Waals surface area contributed by atoms with Crippen LogP contribution in [0.15, 0.2) is 11.1 Å². The van der Waals surface area contributed by atoms with Crippen LogP contribution in [0.1, 0.15) is 19.8 Å². The van der Waals surface area contributed by atoms with E-state index >= 15 is 0 Å². The molecule has 98 valence electrons. The summed E-state index contributed by atoms with van der Waals surface area (Å²) in [6.07, 6.45) is 3.18. The number of hydrogen-bond acceptors (Lipinski definition) is 5. The Kier molecular flexibility index (Phi) is 3.64. The van der Waals surface area contributed by atoms with Gasteiger partial charge in [-0.2, -0.15) is 0 Å². The fraction of sp³-hybridized carbons (Fsp3) is 0.583. The molecule has 1 unspecified atom stereocenters. The highest BCUT2D eigenvalue weighted by Gasteiger charge is 2.26. The number of anilines is 1. The average molecular weight is 251 g/mol. The van der Waals surface area contributed by atoms with Crippen LogP contribution >= 0.6 is 0 Å². The maximum Gasteiger partial charge on any atom is 0.295 e. The van der Waals surface area contributed by atoms with Crippen molar-refractivity contribution in [2.45, 2.75) is 19.8 Å². The maximum atomic E-state index is 11.6. The third-order valence-electron chi connectivity index (χ3n) is 3.29. The van der Waals surface area contributed by atoms with Crippen molar-refractivity contribution in [1.82, 2.24) is 9.97 Å². The van der Waals surface area contributed by atoms with Crippen molar-refractivity contribution in [3.8, 4) is 5.75 Å². The van der Waals surface area contributed by atoms with Gasteiger partial charge >= 0.3 is 0 Å². The van der Waals surface area contributed by atoms with E-state index in [1.54, 1.807) is 6.92 Å². The smallest absolute Gasteiger partial charge is 0.295 e. The van der Waals surface area contributed by atoms with E-state index in [0.29, 0.717) is 12.4 Å². The van der Waals surface area contributed by atoms with Gasteiger partial charge in [-0.15, -0.1) is 0 Å². The molecule has 0 radical (unpaired) electrons. The first kappa shape index (κ1) is 12.6. The molecule has 0 spiro atoms. The Bertz CT molecular complexity index is 498. The molecular formula is C12H17N3O3. The molecule has 0 saturated carbocycles. The van der Waals surface area contributed by atoms with Crippen molar-refractivity contribution in [3.63, 3.8) is 0 Å². The molecule has 0 bridgehead atoms. The predicted octanol–water partition coefficient (Wildman–Crippen LogP) is 0.584. The Morgan fingerprint density at radius 3 is 3.06 bits per heavy atom. The van der Waals surface area contributed by atoms with Crippen molar-refractivity contribution in [2.75, 3.05) is 25.1 Å². The lowest BCUT2D eigenvalue weighted by Crippen LogP contribution is -2.39. The molecule has 18 heavy (non-hydrogen) atoms. The van der Waals surface area contributed by atoms with Gasteiger partial charge in [-0.1, -0.05) is 0 Å². The summed E-state index contributed by atoms with van der Waals surface area (Å²) in [4.78, 5) is 31.7. The van der Waals surface area contributed by atoms with E-state index in [4.69, 9.17) is 4.74 Å². The van der Waals surface area contributed by atoms with Crippen LogP contribution in [0, 0.1) is 5.92 Å². The van der Waals surface area contributed by atoms with Gasteiger partial charge in [0.2, 0.25) is 5.75 Å². The number of nitrogens with one attached hydrogen (secondary N) is 1. The van der Waals surface area contributed by atoms with Crippen molar-refractivity contribution in [2.24, 2.45) is 5.92 Å². The Morgan fingerprint density at radius 1 is 1.61 bits per heavy atom. The standard InChI is InChI=1S/C12H17N3O3/c1-8(16)9-4-3-5-15(6-9)11-10(18-2)12(17)14-7-13-11/h7,9H,3-6H2,1-2H3,(H,13,14,17). The van der Waals surface area contributed by atoms with Gasteiger partial charge in [0.05, 0.1) is 13.4 Å². The number of aromatic nitrogens is 2. The number of methoxy groups -OCH3 is 1. The van der Waals surface area contributed by atoms with Gasteiger partial charge in [-0.05, 0) is 19.8 Å². The Morgan fingerprint density at radius 2 is 2.39 bits per heavy atom. The van der Waals surface area contributed by atoms with Crippen molar-refractivity contribution < 1.29 is 9.53 Å². The lowest BCUT2D eigenvalue weighted by Gasteiger charge is -2.32. The minimum absolute atomic E-state index is 0.0181. The number of hydrogen-bond donors (Lipinski definition) is 1. The maximum absolute atomic E-state index is 11.6. The van der Waals surface area contributed by atoms with Crippen LogP contribution in [0.4, 0.5) is 5.82 Å². The van der Waals surface area contributed by atoms with Crippen molar-refractivity contribution in [1.29, 1.82) is 0 Å². The normalized spacial score (nSPS) is 19.7. The van der Waals surface area contributed by atoms with Crippen molar-refractivity contribution >= 4 is 11.6 Å². The SMILES string of the molecule is COc1c(N2CCCC(C(C)=O)C2)nc[nH]c1=O. The van der Waals surface area contributed by atoms with Gasteiger partial charge in [0, 0.05) is 19.0 Å². The summed E-state index contributed by atoms with van der Waals surface area (Å²) in [7, 11) is 1.45. The molecule has 6 heteroatoms. The topological polar surface area (TPSA) is 75.3 Å². The summed E-state index contributed by atoms with van der Waals surface area (Å²) in [5.74, 6) is 0.932. The number of H-pyrrole nitrogens is 1. The molecule has 0 amide bonds. The molecule has 6 nitrogen and oxygen atoms in total. The first-order chi connectivity index (χ1) is 8.63. The molecule has 0 aromatic carbocycles. The third-order valence-corrected chi connectivity index (χ3v) is 3.29. The van der Waals surface area contributed by atoms with Crippen LogP contribution in [-0.4, -0.2) is 36.0 Å². The molecule has 1 aliphatic rings. The highest BCUT2D eigenvalue weighted by molar-refractivity contribution is 5.79. The second-order valence-electron chi connectivity index (χ2n) is 4.48. The number of ketones is 1. The second-order valence-corrected chi connectivity index (χ2v) is 4.48. The Balaban J connectivity index is 2.28. The molecule has 1 aliphatic heterocycles. The van der Waals surface area contributed by atoms with Crippen LogP contribution in [0.3, 0.4) is 0 Å². The van der Waals surface area contributed by atoms with E-state index in [-0.39, 0.29) is 23.0 Å². The zero-order chi connectivity index (χ0) is 13.1. The predicted molar refractivity (Wildman–Crippen MR) is 67.0 cm³/mol. The molecule has 1 saturated heterocycles. The van der Waals surface area contributed by atoms with Gasteiger partial charge < -0.3 is 14.6 Å². The zero-order valence-electron chi connectivity index (χ0n) is 10.6. The summed E-state index contributed by atoms with van der Waals surface area (Å²) in [6.45, 7) is 3.00. The molecule has 2 heterocycles. The van der Waals surface area contributed by atoms with E-state index in [1.807, 2.05) is 4.90 Å². The molecule has 1 fully saturated rings. The van der Waals surface area contributed by atoms with Crippen LogP contribution in [0.5, 0.6) is 5.75 Å². The zero-order valence-corrected chi connectivity index (χ0v) is 10.6. The molecule has 1 aromatic rings. The van der Waals surface area contributed by atoms with E-state index in [0.717, 1.165) is 19.4 Å². The van der Waals surface area contributed by atoms with Crippen LogP contribution < -0.4 is 15.2 Å². The van der Waals surface area contributed by atoms with Crippen LogP contribution in [0.2, 0.25) is 0 Å². The number of nitrogens with zero attached hydrogens (tertiary/aromatic N) is 2. The minimum atomic E-state index is -0.299. The van der Waals surface area contributed by atoms with Crippen molar-refractivity contribution in [3.05, 3.63) is 16.7 Å². The minimum Gasteiger partial charge on any atom is -0.489 e. The lowest BCUT2D eigenvalue weighted by molar-refractivity contribution is -0.120. The summed E-state index contributed by atoms with van der Waals surface area (Å²) in [5.41, 5.74) is -0.299. The monoisotopic (exact) mass is 251 g/mol. The molecule has 1 N–H and O–H groups in total. The summed E-state index contributed by atoms with van der Waals surface area (Å²) in [5, 5.41) is 0. The average Bonchev–Trinajstić information content (AvgIpc) is 2.38. The number of piperidine rings is 1. The number of aromatic amines is 1. The first-order valence-electron chi connectivity index (χ1n) is 6.00. The molecule has 0 aliphatic carbocycles. The van der Waals surface area contributed by atoms with E-state index < -0.39 is 0 Å². The Hall–Kier alpha value is -1.85. The summed E-state index contributed by atoms with van der Waals surface area (Å²) >= 11 is 0. The number of carbonyl (C=O) groups excluding carboxylic acids is 1. The summed E-state index contributed by atoms with van der Waals surface area (Å²) < 4.78 is 5.09. The van der Waals surface area contributed by atoms with E-state index in [1.165, 1.54) is 13.4 Å². The lowest BCUT2D eigenvalue weighted by atomic mass is 9.94. The molecule has 2 rings (SSSR count). The molecule has 1 aromatic heterocycles. The fourth-order valence-electron chi connectivity index (χ4n) is 2.29. The number of carbonyl (C=O) groups is 1. The van der Waals surface area contributed by atoms with Gasteiger partial charge in [0.15, 0.2) is 5.82 Å². The van der Waals surface area contributed by atoms with E-state index in [9.17, 15) is 9.59 Å². The quantitative estimate of drug-likeness (QED) is 0.850. The van der Waals surface area contributed by atoms with Gasteiger partial charge in [-0.25, -0.2) is 4.98 Å². The van der Waals surface area contributed by atoms with Crippen LogP contribution in [-0.2, 0) is 4.79 Å². The van der Waals surface area contributed by atoms with Crippen LogP contribution in [0.25, 0.3) is 0 Å². The number of rotatable bonds is 3. The third kappa shape index (κ3) is 2.37. The highest BCUT2D eigenvalue weighted by atomic mass is 16.5. The first-order valence-corrected chi connectivity index (χ1v) is 6.00. The number of Topliss-reactive ketones (excluding diaryl/α,β-unsaturated/α-hetero) is 1. The highest BCUT2D eigenvalue weighted by Crippen LogP contribution is 2.26. The largest absolute Gasteiger partial charge is 0.489 e.